The minimum absolute atomic E-state index is 0.259. The molecule has 0 aliphatic carbocycles. The van der Waals surface area contributed by atoms with Crippen LogP contribution in [0.4, 0.5) is 0 Å². The van der Waals surface area contributed by atoms with Crippen LogP contribution in [-0.2, 0) is 13.1 Å². The SMILES string of the molecule is CCn1ccc(CNC(=O)c2cc(-c3ccc(Cl)cc3Cl)n[nH]2)n1. The molecule has 0 fully saturated rings. The number of halogens is 2. The first-order chi connectivity index (χ1) is 11.6. The summed E-state index contributed by atoms with van der Waals surface area (Å²) < 4.78 is 1.80. The summed E-state index contributed by atoms with van der Waals surface area (Å²) in [5.41, 5.74) is 2.44. The van der Waals surface area contributed by atoms with Crippen molar-refractivity contribution in [3.63, 3.8) is 0 Å². The number of nitrogens with zero attached hydrogens (tertiary/aromatic N) is 3. The number of aromatic amines is 1. The van der Waals surface area contributed by atoms with Crippen LogP contribution in [0.25, 0.3) is 11.3 Å². The molecule has 124 valence electrons. The quantitative estimate of drug-likeness (QED) is 0.727. The molecule has 0 radical (unpaired) electrons. The molecule has 0 atom stereocenters. The second kappa shape index (κ2) is 7.07. The fourth-order valence-corrected chi connectivity index (χ4v) is 2.72. The van der Waals surface area contributed by atoms with Crippen molar-refractivity contribution in [1.29, 1.82) is 0 Å². The van der Waals surface area contributed by atoms with Gasteiger partial charge in [-0.25, -0.2) is 0 Å². The number of benzene rings is 1. The Hall–Kier alpha value is -2.31. The number of carbonyl (C=O) groups is 1. The number of hydrogen-bond acceptors (Lipinski definition) is 3. The molecule has 1 aromatic carbocycles. The molecule has 24 heavy (non-hydrogen) atoms. The lowest BCUT2D eigenvalue weighted by molar-refractivity contribution is 0.0945. The first-order valence-corrected chi connectivity index (χ1v) is 8.13. The summed E-state index contributed by atoms with van der Waals surface area (Å²) in [5, 5.41) is 15.0. The molecule has 0 bridgehead atoms. The van der Waals surface area contributed by atoms with Gasteiger partial charge in [-0.15, -0.1) is 0 Å². The molecule has 6 nitrogen and oxygen atoms in total. The molecule has 3 aromatic rings. The second-order valence-electron chi connectivity index (χ2n) is 5.14. The highest BCUT2D eigenvalue weighted by atomic mass is 35.5. The third-order valence-corrected chi connectivity index (χ3v) is 4.03. The van der Waals surface area contributed by atoms with E-state index in [4.69, 9.17) is 23.2 Å². The average Bonchev–Trinajstić information content (AvgIpc) is 3.22. The molecule has 2 heterocycles. The van der Waals surface area contributed by atoms with Crippen LogP contribution in [-0.4, -0.2) is 25.9 Å². The molecular weight excluding hydrogens is 349 g/mol. The Kier molecular flexibility index (Phi) is 4.87. The Morgan fingerprint density at radius 2 is 2.12 bits per heavy atom. The van der Waals surface area contributed by atoms with E-state index in [0.29, 0.717) is 33.5 Å². The van der Waals surface area contributed by atoms with Gasteiger partial charge in [0.05, 0.1) is 23.0 Å². The van der Waals surface area contributed by atoms with Gasteiger partial charge in [0.2, 0.25) is 0 Å². The van der Waals surface area contributed by atoms with Gasteiger partial charge in [-0.1, -0.05) is 23.2 Å². The number of carbonyl (C=O) groups excluding carboxylic acids is 1. The molecule has 2 N–H and O–H groups in total. The smallest absolute Gasteiger partial charge is 0.269 e. The molecule has 0 spiro atoms. The van der Waals surface area contributed by atoms with Crippen LogP contribution >= 0.6 is 23.2 Å². The molecule has 0 aliphatic rings. The van der Waals surface area contributed by atoms with Crippen LogP contribution < -0.4 is 5.32 Å². The summed E-state index contributed by atoms with van der Waals surface area (Å²) in [6.07, 6.45) is 1.87. The lowest BCUT2D eigenvalue weighted by atomic mass is 10.1. The topological polar surface area (TPSA) is 75.6 Å². The van der Waals surface area contributed by atoms with Gasteiger partial charge < -0.3 is 5.32 Å². The molecule has 3 rings (SSSR count). The third kappa shape index (κ3) is 3.60. The van der Waals surface area contributed by atoms with Crippen molar-refractivity contribution in [3.05, 3.63) is 58.0 Å². The van der Waals surface area contributed by atoms with E-state index >= 15 is 0 Å². The van der Waals surface area contributed by atoms with Gasteiger partial charge in [0.25, 0.3) is 5.91 Å². The Morgan fingerprint density at radius 3 is 2.83 bits per heavy atom. The first kappa shape index (κ1) is 16.5. The lowest BCUT2D eigenvalue weighted by Gasteiger charge is -2.01. The van der Waals surface area contributed by atoms with Crippen LogP contribution in [0, 0.1) is 0 Å². The van der Waals surface area contributed by atoms with E-state index in [0.717, 1.165) is 12.2 Å². The van der Waals surface area contributed by atoms with Gasteiger partial charge in [-0.2, -0.15) is 10.2 Å². The zero-order chi connectivity index (χ0) is 17.1. The lowest BCUT2D eigenvalue weighted by Crippen LogP contribution is -2.23. The Balaban J connectivity index is 1.69. The van der Waals surface area contributed by atoms with Gasteiger partial charge in [0, 0.05) is 23.3 Å². The largest absolute Gasteiger partial charge is 0.345 e. The van der Waals surface area contributed by atoms with E-state index in [9.17, 15) is 4.79 Å². The number of nitrogens with one attached hydrogen (secondary N) is 2. The number of H-pyrrole nitrogens is 1. The summed E-state index contributed by atoms with van der Waals surface area (Å²) >= 11 is 12.0. The first-order valence-electron chi connectivity index (χ1n) is 7.38. The fourth-order valence-electron chi connectivity index (χ4n) is 2.21. The number of aryl methyl sites for hydroxylation is 1. The Labute approximate surface area is 148 Å². The average molecular weight is 364 g/mol. The molecule has 0 saturated heterocycles. The van der Waals surface area contributed by atoms with E-state index in [1.807, 2.05) is 19.2 Å². The molecule has 0 unspecified atom stereocenters. The monoisotopic (exact) mass is 363 g/mol. The highest BCUT2D eigenvalue weighted by Crippen LogP contribution is 2.29. The van der Waals surface area contributed by atoms with Crippen LogP contribution in [0.15, 0.2) is 36.5 Å². The summed E-state index contributed by atoms with van der Waals surface area (Å²) in [7, 11) is 0. The van der Waals surface area contributed by atoms with Crippen molar-refractivity contribution in [2.24, 2.45) is 0 Å². The highest BCUT2D eigenvalue weighted by Gasteiger charge is 2.13. The van der Waals surface area contributed by atoms with Crippen LogP contribution in [0.3, 0.4) is 0 Å². The third-order valence-electron chi connectivity index (χ3n) is 3.48. The molecule has 0 saturated carbocycles. The van der Waals surface area contributed by atoms with Gasteiger partial charge >= 0.3 is 0 Å². The van der Waals surface area contributed by atoms with Crippen molar-refractivity contribution in [1.82, 2.24) is 25.3 Å². The maximum atomic E-state index is 12.2. The van der Waals surface area contributed by atoms with Gasteiger partial charge in [-0.05, 0) is 37.3 Å². The predicted molar refractivity (Wildman–Crippen MR) is 93.1 cm³/mol. The van der Waals surface area contributed by atoms with E-state index in [1.54, 1.807) is 28.9 Å². The number of hydrogen-bond donors (Lipinski definition) is 2. The standard InChI is InChI=1S/C16H15Cl2N5O/c1-2-23-6-5-11(22-23)9-19-16(24)15-8-14(20-21-15)12-4-3-10(17)7-13(12)18/h3-8H,2,9H2,1H3,(H,19,24)(H,20,21). The summed E-state index contributed by atoms with van der Waals surface area (Å²) in [6.45, 7) is 3.14. The molecule has 2 aromatic heterocycles. The summed E-state index contributed by atoms with van der Waals surface area (Å²) in [6, 6.07) is 8.64. The number of aromatic nitrogens is 4. The van der Waals surface area contributed by atoms with Crippen molar-refractivity contribution < 1.29 is 4.79 Å². The fraction of sp³-hybridized carbons (Fsp3) is 0.188. The van der Waals surface area contributed by atoms with E-state index in [-0.39, 0.29) is 5.91 Å². The summed E-state index contributed by atoms with van der Waals surface area (Å²) in [5.74, 6) is -0.259. The molecule has 8 heteroatoms. The minimum Gasteiger partial charge on any atom is -0.345 e. The van der Waals surface area contributed by atoms with Gasteiger partial charge in [0.1, 0.15) is 5.69 Å². The van der Waals surface area contributed by atoms with E-state index in [2.05, 4.69) is 20.6 Å². The van der Waals surface area contributed by atoms with Crippen molar-refractivity contribution in [2.75, 3.05) is 0 Å². The van der Waals surface area contributed by atoms with Crippen molar-refractivity contribution in [3.8, 4) is 11.3 Å². The zero-order valence-corrected chi connectivity index (χ0v) is 14.4. The molecular formula is C16H15Cl2N5O. The van der Waals surface area contributed by atoms with Crippen molar-refractivity contribution >= 4 is 29.1 Å². The van der Waals surface area contributed by atoms with E-state index < -0.39 is 0 Å². The Bertz CT molecular complexity index is 871. The van der Waals surface area contributed by atoms with Crippen LogP contribution in [0.1, 0.15) is 23.1 Å². The maximum Gasteiger partial charge on any atom is 0.269 e. The minimum atomic E-state index is -0.259. The van der Waals surface area contributed by atoms with Crippen molar-refractivity contribution in [2.45, 2.75) is 20.0 Å². The van der Waals surface area contributed by atoms with Gasteiger partial charge in [-0.3, -0.25) is 14.6 Å². The Morgan fingerprint density at radius 1 is 1.29 bits per heavy atom. The second-order valence-corrected chi connectivity index (χ2v) is 5.98. The number of amides is 1. The van der Waals surface area contributed by atoms with Crippen LogP contribution in [0.5, 0.6) is 0 Å². The molecule has 1 amide bonds. The number of rotatable bonds is 5. The molecule has 0 aliphatic heterocycles. The zero-order valence-electron chi connectivity index (χ0n) is 12.9. The maximum absolute atomic E-state index is 12.2. The summed E-state index contributed by atoms with van der Waals surface area (Å²) in [4.78, 5) is 12.2. The van der Waals surface area contributed by atoms with Gasteiger partial charge in [0.15, 0.2) is 0 Å². The predicted octanol–water partition coefficient (Wildman–Crippen LogP) is 3.53. The highest BCUT2D eigenvalue weighted by molar-refractivity contribution is 6.36. The van der Waals surface area contributed by atoms with Crippen LogP contribution in [0.2, 0.25) is 10.0 Å². The van der Waals surface area contributed by atoms with E-state index in [1.165, 1.54) is 0 Å². The normalized spacial score (nSPS) is 10.8.